The first-order valence-corrected chi connectivity index (χ1v) is 7.78. The molecule has 0 aliphatic carbocycles. The number of carbonyl (C=O) groups excluding carboxylic acids is 1. The predicted octanol–water partition coefficient (Wildman–Crippen LogP) is 3.53. The van der Waals surface area contributed by atoms with Gasteiger partial charge in [-0.3, -0.25) is 4.79 Å². The summed E-state index contributed by atoms with van der Waals surface area (Å²) in [4.78, 5) is 11.7. The highest BCUT2D eigenvalue weighted by molar-refractivity contribution is 6.30. The monoisotopic (exact) mass is 333 g/mol. The summed E-state index contributed by atoms with van der Waals surface area (Å²) in [5, 5.41) is 3.32. The molecule has 4 nitrogen and oxygen atoms in total. The number of benzene rings is 2. The Labute approximate surface area is 141 Å². The lowest BCUT2D eigenvalue weighted by molar-refractivity contribution is -0.123. The summed E-state index contributed by atoms with van der Waals surface area (Å²) in [6.07, 6.45) is 0. The molecule has 0 bridgehead atoms. The highest BCUT2D eigenvalue weighted by Crippen LogP contribution is 2.20. The molecule has 0 saturated heterocycles. The number of hydrogen-bond acceptors (Lipinski definition) is 3. The van der Waals surface area contributed by atoms with E-state index in [9.17, 15) is 4.79 Å². The molecule has 0 aliphatic heterocycles. The molecule has 0 aliphatic rings. The number of aryl methyl sites for hydroxylation is 1. The van der Waals surface area contributed by atoms with Crippen molar-refractivity contribution >= 4 is 17.5 Å². The zero-order chi connectivity index (χ0) is 16.7. The van der Waals surface area contributed by atoms with E-state index in [4.69, 9.17) is 21.1 Å². The predicted molar refractivity (Wildman–Crippen MR) is 91.4 cm³/mol. The number of rotatable bonds is 7. The fourth-order valence-corrected chi connectivity index (χ4v) is 2.17. The first-order valence-electron chi connectivity index (χ1n) is 7.40. The summed E-state index contributed by atoms with van der Waals surface area (Å²) in [5.41, 5.74) is 2.30. The maximum atomic E-state index is 11.7. The van der Waals surface area contributed by atoms with Crippen LogP contribution in [0.2, 0.25) is 5.02 Å². The van der Waals surface area contributed by atoms with Gasteiger partial charge in [-0.15, -0.1) is 0 Å². The van der Waals surface area contributed by atoms with Gasteiger partial charge in [-0.25, -0.2) is 0 Å². The number of carbonyl (C=O) groups is 1. The van der Waals surface area contributed by atoms with Gasteiger partial charge in [0, 0.05) is 5.02 Å². The highest BCUT2D eigenvalue weighted by atomic mass is 35.5. The molecule has 1 amide bonds. The molecule has 0 spiro atoms. The Bertz CT molecular complexity index is 673. The van der Waals surface area contributed by atoms with Crippen LogP contribution in [0, 0.1) is 13.8 Å². The minimum atomic E-state index is -0.200. The Morgan fingerprint density at radius 3 is 2.70 bits per heavy atom. The van der Waals surface area contributed by atoms with Gasteiger partial charge in [0.2, 0.25) is 0 Å². The quantitative estimate of drug-likeness (QED) is 0.788. The fourth-order valence-electron chi connectivity index (χ4n) is 1.99. The van der Waals surface area contributed by atoms with Crippen LogP contribution in [-0.2, 0) is 4.79 Å². The van der Waals surface area contributed by atoms with Crippen molar-refractivity contribution in [2.45, 2.75) is 13.8 Å². The average Bonchev–Trinajstić information content (AvgIpc) is 2.53. The molecule has 0 aromatic heterocycles. The Balaban J connectivity index is 1.68. The van der Waals surface area contributed by atoms with Gasteiger partial charge in [0.05, 0.1) is 6.54 Å². The van der Waals surface area contributed by atoms with Crippen molar-refractivity contribution in [2.24, 2.45) is 0 Å². The third-order valence-corrected chi connectivity index (χ3v) is 3.64. The van der Waals surface area contributed by atoms with Crippen LogP contribution >= 0.6 is 11.6 Å². The first-order chi connectivity index (χ1) is 11.1. The van der Waals surface area contributed by atoms with E-state index in [1.165, 1.54) is 5.56 Å². The molecule has 122 valence electrons. The summed E-state index contributed by atoms with van der Waals surface area (Å²) < 4.78 is 11.0. The second kappa shape index (κ2) is 8.44. The molecule has 0 atom stereocenters. The lowest BCUT2D eigenvalue weighted by Gasteiger charge is -2.11. The van der Waals surface area contributed by atoms with Crippen LogP contribution in [0.4, 0.5) is 0 Å². The van der Waals surface area contributed by atoms with Crippen LogP contribution in [0.3, 0.4) is 0 Å². The van der Waals surface area contributed by atoms with Crippen molar-refractivity contribution in [3.8, 4) is 11.5 Å². The number of ether oxygens (including phenoxy) is 2. The van der Waals surface area contributed by atoms with Gasteiger partial charge in [-0.2, -0.15) is 0 Å². The van der Waals surface area contributed by atoms with Crippen molar-refractivity contribution in [3.05, 3.63) is 58.6 Å². The minimum absolute atomic E-state index is 0.0518. The molecule has 0 radical (unpaired) electrons. The van der Waals surface area contributed by atoms with Gasteiger partial charge in [-0.05, 0) is 49.2 Å². The topological polar surface area (TPSA) is 47.6 Å². The molecule has 5 heteroatoms. The van der Waals surface area contributed by atoms with Crippen LogP contribution in [-0.4, -0.2) is 25.7 Å². The van der Waals surface area contributed by atoms with Gasteiger partial charge in [-0.1, -0.05) is 29.8 Å². The van der Waals surface area contributed by atoms with Crippen LogP contribution in [0.5, 0.6) is 11.5 Å². The van der Waals surface area contributed by atoms with Gasteiger partial charge in [0.25, 0.3) is 5.91 Å². The molecule has 0 fully saturated rings. The summed E-state index contributed by atoms with van der Waals surface area (Å²) >= 11 is 5.85. The van der Waals surface area contributed by atoms with Gasteiger partial charge < -0.3 is 14.8 Å². The van der Waals surface area contributed by atoms with E-state index in [1.54, 1.807) is 24.3 Å². The number of hydrogen-bond donors (Lipinski definition) is 1. The van der Waals surface area contributed by atoms with Crippen LogP contribution in [0.1, 0.15) is 11.1 Å². The SMILES string of the molecule is Cc1cccc(OCCNC(=O)COc2cccc(Cl)c2)c1C. The minimum Gasteiger partial charge on any atom is -0.491 e. The van der Waals surface area contributed by atoms with Crippen molar-refractivity contribution < 1.29 is 14.3 Å². The first kappa shape index (κ1) is 17.2. The van der Waals surface area contributed by atoms with Gasteiger partial charge in [0.1, 0.15) is 18.1 Å². The second-order valence-electron chi connectivity index (χ2n) is 5.14. The van der Waals surface area contributed by atoms with Crippen LogP contribution in [0.25, 0.3) is 0 Å². The zero-order valence-electron chi connectivity index (χ0n) is 13.3. The largest absolute Gasteiger partial charge is 0.491 e. The van der Waals surface area contributed by atoms with Crippen molar-refractivity contribution in [1.29, 1.82) is 0 Å². The molecule has 2 rings (SSSR count). The molecule has 1 N–H and O–H groups in total. The molecule has 23 heavy (non-hydrogen) atoms. The summed E-state index contributed by atoms with van der Waals surface area (Å²) in [6.45, 7) is 4.83. The Kier molecular flexibility index (Phi) is 6.29. The Morgan fingerprint density at radius 1 is 1.13 bits per heavy atom. The smallest absolute Gasteiger partial charge is 0.258 e. The molecule has 0 unspecified atom stereocenters. The third-order valence-electron chi connectivity index (χ3n) is 3.40. The van der Waals surface area contributed by atoms with Gasteiger partial charge in [0.15, 0.2) is 6.61 Å². The molecule has 2 aromatic carbocycles. The molecular weight excluding hydrogens is 314 g/mol. The van der Waals surface area contributed by atoms with E-state index in [0.717, 1.165) is 11.3 Å². The fraction of sp³-hybridized carbons (Fsp3) is 0.278. The summed E-state index contributed by atoms with van der Waals surface area (Å²) in [6, 6.07) is 12.9. The maximum Gasteiger partial charge on any atom is 0.258 e. The van der Waals surface area contributed by atoms with E-state index in [0.29, 0.717) is 23.9 Å². The number of amides is 1. The number of halogens is 1. The van der Waals surface area contributed by atoms with Crippen LogP contribution < -0.4 is 14.8 Å². The molecule has 0 saturated carbocycles. The Morgan fingerprint density at radius 2 is 1.91 bits per heavy atom. The highest BCUT2D eigenvalue weighted by Gasteiger charge is 2.04. The number of nitrogens with one attached hydrogen (secondary N) is 1. The molecular formula is C18H20ClNO3. The summed E-state index contributed by atoms with van der Waals surface area (Å²) in [7, 11) is 0. The lowest BCUT2D eigenvalue weighted by Crippen LogP contribution is -2.32. The standard InChI is InChI=1S/C18H20ClNO3/c1-13-5-3-8-17(14(13)2)22-10-9-20-18(21)12-23-16-7-4-6-15(19)11-16/h3-8,11H,9-10,12H2,1-2H3,(H,20,21). The third kappa shape index (κ3) is 5.49. The van der Waals surface area contributed by atoms with E-state index in [2.05, 4.69) is 5.32 Å². The maximum absolute atomic E-state index is 11.7. The van der Waals surface area contributed by atoms with E-state index >= 15 is 0 Å². The molecule has 0 heterocycles. The van der Waals surface area contributed by atoms with Crippen molar-refractivity contribution in [3.63, 3.8) is 0 Å². The van der Waals surface area contributed by atoms with E-state index in [1.807, 2.05) is 32.0 Å². The van der Waals surface area contributed by atoms with E-state index in [-0.39, 0.29) is 12.5 Å². The molecule has 2 aromatic rings. The normalized spacial score (nSPS) is 10.2. The van der Waals surface area contributed by atoms with E-state index < -0.39 is 0 Å². The summed E-state index contributed by atoms with van der Waals surface area (Å²) in [5.74, 6) is 1.21. The second-order valence-corrected chi connectivity index (χ2v) is 5.58. The lowest BCUT2D eigenvalue weighted by atomic mass is 10.1. The van der Waals surface area contributed by atoms with Gasteiger partial charge >= 0.3 is 0 Å². The zero-order valence-corrected chi connectivity index (χ0v) is 14.0. The Hall–Kier alpha value is -2.20. The van der Waals surface area contributed by atoms with Crippen LogP contribution in [0.15, 0.2) is 42.5 Å². The average molecular weight is 334 g/mol. The van der Waals surface area contributed by atoms with Crippen molar-refractivity contribution in [1.82, 2.24) is 5.32 Å². The van der Waals surface area contributed by atoms with Crippen molar-refractivity contribution in [2.75, 3.05) is 19.8 Å².